The fraction of sp³-hybridized carbons (Fsp3) is 0.333. The Morgan fingerprint density at radius 1 is 1.38 bits per heavy atom. The highest BCUT2D eigenvalue weighted by molar-refractivity contribution is 5.91. The number of fused-ring (bicyclic) bond motifs is 1. The second-order valence-corrected chi connectivity index (χ2v) is 5.41. The molecule has 3 rings (SSSR count). The third kappa shape index (κ3) is 2.90. The number of aromatic nitrogens is 2. The van der Waals surface area contributed by atoms with E-state index in [4.69, 9.17) is 0 Å². The average Bonchev–Trinajstić information content (AvgIpc) is 2.91. The van der Waals surface area contributed by atoms with Gasteiger partial charge in [0.2, 0.25) is 0 Å². The molecular weight excluding hydrogens is 268 g/mol. The van der Waals surface area contributed by atoms with Gasteiger partial charge < -0.3 is 15.3 Å². The van der Waals surface area contributed by atoms with Crippen molar-refractivity contribution in [3.8, 4) is 0 Å². The highest BCUT2D eigenvalue weighted by Crippen LogP contribution is 2.21. The van der Waals surface area contributed by atoms with Gasteiger partial charge in [-0.2, -0.15) is 0 Å². The van der Waals surface area contributed by atoms with Crippen LogP contribution in [0.3, 0.4) is 0 Å². The Balaban J connectivity index is 1.63. The van der Waals surface area contributed by atoms with Gasteiger partial charge in [-0.05, 0) is 24.6 Å². The van der Waals surface area contributed by atoms with Gasteiger partial charge in [-0.25, -0.2) is 4.79 Å². The molecule has 0 spiro atoms. The summed E-state index contributed by atoms with van der Waals surface area (Å²) in [5.41, 5.74) is 2.57. The van der Waals surface area contributed by atoms with Gasteiger partial charge in [-0.15, -0.1) is 0 Å². The Morgan fingerprint density at radius 2 is 2.14 bits per heavy atom. The molecule has 0 saturated carbocycles. The van der Waals surface area contributed by atoms with E-state index in [9.17, 15) is 9.59 Å². The van der Waals surface area contributed by atoms with Crippen molar-refractivity contribution in [3.63, 3.8) is 0 Å². The number of benzene rings is 1. The lowest BCUT2D eigenvalue weighted by Crippen LogP contribution is -2.45. The lowest BCUT2D eigenvalue weighted by molar-refractivity contribution is 0.0930. The highest BCUT2D eigenvalue weighted by atomic mass is 16.2. The molecule has 1 atom stereocenters. The van der Waals surface area contributed by atoms with Crippen LogP contribution < -0.4 is 11.0 Å². The molecule has 2 aromatic rings. The molecule has 6 nitrogen and oxygen atoms in total. The SMILES string of the molecule is CN1Cc2ccccc2CC1CNC(=O)c1c[nH]c(=O)[nH]1. The van der Waals surface area contributed by atoms with Gasteiger partial charge in [-0.1, -0.05) is 24.3 Å². The predicted octanol–water partition coefficient (Wildman–Crippen LogP) is 0.489. The summed E-state index contributed by atoms with van der Waals surface area (Å²) >= 11 is 0. The second-order valence-electron chi connectivity index (χ2n) is 5.41. The minimum atomic E-state index is -0.371. The van der Waals surface area contributed by atoms with E-state index in [-0.39, 0.29) is 23.3 Å². The first kappa shape index (κ1) is 13.6. The normalized spacial score (nSPS) is 18.2. The number of rotatable bonds is 3. The number of imidazole rings is 1. The zero-order valence-electron chi connectivity index (χ0n) is 11.8. The number of H-pyrrole nitrogens is 2. The number of aromatic amines is 2. The first-order valence-electron chi connectivity index (χ1n) is 6.96. The van der Waals surface area contributed by atoms with E-state index >= 15 is 0 Å². The maximum atomic E-state index is 11.9. The Hall–Kier alpha value is -2.34. The molecule has 1 aromatic heterocycles. The lowest BCUT2D eigenvalue weighted by atomic mass is 9.94. The van der Waals surface area contributed by atoms with Gasteiger partial charge in [-0.3, -0.25) is 9.69 Å². The summed E-state index contributed by atoms with van der Waals surface area (Å²) in [7, 11) is 2.06. The minimum absolute atomic E-state index is 0.259. The number of hydrogen-bond acceptors (Lipinski definition) is 3. The van der Waals surface area contributed by atoms with Crippen LogP contribution in [0.15, 0.2) is 35.3 Å². The Labute approximate surface area is 122 Å². The Morgan fingerprint density at radius 3 is 2.86 bits per heavy atom. The van der Waals surface area contributed by atoms with Crippen molar-refractivity contribution >= 4 is 5.91 Å². The molecule has 1 unspecified atom stereocenters. The van der Waals surface area contributed by atoms with Crippen LogP contribution in [0.25, 0.3) is 0 Å². The molecular formula is C15H18N4O2. The largest absolute Gasteiger partial charge is 0.349 e. The first-order valence-corrected chi connectivity index (χ1v) is 6.96. The first-order chi connectivity index (χ1) is 10.1. The fourth-order valence-electron chi connectivity index (χ4n) is 2.71. The number of hydrogen-bond donors (Lipinski definition) is 3. The summed E-state index contributed by atoms with van der Waals surface area (Å²) in [6.07, 6.45) is 2.30. The van der Waals surface area contributed by atoms with Crippen LogP contribution in [0.5, 0.6) is 0 Å². The second kappa shape index (κ2) is 5.57. The van der Waals surface area contributed by atoms with Crippen LogP contribution in [0.1, 0.15) is 21.6 Å². The van der Waals surface area contributed by atoms with Gasteiger partial charge in [0.05, 0.1) is 0 Å². The van der Waals surface area contributed by atoms with Crippen LogP contribution in [0, 0.1) is 0 Å². The van der Waals surface area contributed by atoms with Crippen LogP contribution in [-0.4, -0.2) is 40.4 Å². The van der Waals surface area contributed by atoms with Gasteiger partial charge in [0.25, 0.3) is 5.91 Å². The van der Waals surface area contributed by atoms with E-state index in [1.54, 1.807) is 0 Å². The van der Waals surface area contributed by atoms with E-state index < -0.39 is 0 Å². The predicted molar refractivity (Wildman–Crippen MR) is 79.1 cm³/mol. The molecule has 1 aromatic carbocycles. The van der Waals surface area contributed by atoms with Crippen LogP contribution in [-0.2, 0) is 13.0 Å². The van der Waals surface area contributed by atoms with Gasteiger partial charge >= 0.3 is 5.69 Å². The smallest absolute Gasteiger partial charge is 0.323 e. The fourth-order valence-corrected chi connectivity index (χ4v) is 2.71. The Kier molecular flexibility index (Phi) is 3.62. The van der Waals surface area contributed by atoms with E-state index in [2.05, 4.69) is 45.4 Å². The number of likely N-dealkylation sites (N-methyl/N-ethyl adjacent to an activating group) is 1. The number of nitrogens with zero attached hydrogens (tertiary/aromatic N) is 1. The molecule has 1 aliphatic heterocycles. The Bertz CT molecular complexity index is 703. The van der Waals surface area contributed by atoms with Crippen molar-refractivity contribution in [1.82, 2.24) is 20.2 Å². The molecule has 2 heterocycles. The maximum absolute atomic E-state index is 11.9. The number of nitrogens with one attached hydrogen (secondary N) is 3. The highest BCUT2D eigenvalue weighted by Gasteiger charge is 2.23. The van der Waals surface area contributed by atoms with E-state index in [1.807, 2.05) is 6.07 Å². The standard InChI is InChI=1S/C15H18N4O2/c1-19-9-11-5-3-2-4-10(11)6-12(19)7-16-14(20)13-8-17-15(21)18-13/h2-5,8,12H,6-7,9H2,1H3,(H,16,20)(H2,17,18,21). The third-order valence-electron chi connectivity index (χ3n) is 3.96. The molecule has 110 valence electrons. The summed E-state index contributed by atoms with van der Waals surface area (Å²) in [6.45, 7) is 1.44. The number of amides is 1. The third-order valence-corrected chi connectivity index (χ3v) is 3.96. The number of carbonyl (C=O) groups excluding carboxylic acids is 1. The average molecular weight is 286 g/mol. The topological polar surface area (TPSA) is 81.0 Å². The monoisotopic (exact) mass is 286 g/mol. The van der Waals surface area contributed by atoms with Crippen LogP contribution >= 0.6 is 0 Å². The van der Waals surface area contributed by atoms with Crippen molar-refractivity contribution < 1.29 is 4.79 Å². The summed E-state index contributed by atoms with van der Waals surface area (Å²) in [6, 6.07) is 8.64. The van der Waals surface area contributed by atoms with Crippen LogP contribution in [0.2, 0.25) is 0 Å². The molecule has 0 aliphatic carbocycles. The molecule has 1 aliphatic rings. The van der Waals surface area contributed by atoms with Gasteiger partial charge in [0, 0.05) is 25.3 Å². The molecule has 0 bridgehead atoms. The molecule has 0 radical (unpaired) electrons. The van der Waals surface area contributed by atoms with E-state index in [1.165, 1.54) is 17.3 Å². The van der Waals surface area contributed by atoms with Crippen molar-refractivity contribution in [2.75, 3.05) is 13.6 Å². The summed E-state index contributed by atoms with van der Waals surface area (Å²) in [4.78, 5) is 30.0. The summed E-state index contributed by atoms with van der Waals surface area (Å²) in [5.74, 6) is -0.263. The maximum Gasteiger partial charge on any atom is 0.323 e. The molecule has 0 saturated heterocycles. The molecule has 3 N–H and O–H groups in total. The quantitative estimate of drug-likeness (QED) is 0.768. The van der Waals surface area contributed by atoms with Crippen LogP contribution in [0.4, 0.5) is 0 Å². The van der Waals surface area contributed by atoms with Crippen molar-refractivity contribution in [2.24, 2.45) is 0 Å². The summed E-state index contributed by atoms with van der Waals surface area (Å²) in [5, 5.41) is 2.87. The van der Waals surface area contributed by atoms with Crippen molar-refractivity contribution in [1.29, 1.82) is 0 Å². The zero-order valence-corrected chi connectivity index (χ0v) is 11.8. The van der Waals surface area contributed by atoms with E-state index in [0.29, 0.717) is 6.54 Å². The van der Waals surface area contributed by atoms with Gasteiger partial charge in [0.1, 0.15) is 5.69 Å². The minimum Gasteiger partial charge on any atom is -0.349 e. The van der Waals surface area contributed by atoms with Crippen molar-refractivity contribution in [3.05, 3.63) is 57.8 Å². The molecule has 6 heteroatoms. The number of carbonyl (C=O) groups is 1. The summed E-state index contributed by atoms with van der Waals surface area (Å²) < 4.78 is 0. The molecule has 21 heavy (non-hydrogen) atoms. The van der Waals surface area contributed by atoms with E-state index in [0.717, 1.165) is 13.0 Å². The van der Waals surface area contributed by atoms with Crippen molar-refractivity contribution in [2.45, 2.75) is 19.0 Å². The zero-order chi connectivity index (χ0) is 14.8. The molecule has 1 amide bonds. The van der Waals surface area contributed by atoms with Gasteiger partial charge in [0.15, 0.2) is 0 Å². The lowest BCUT2D eigenvalue weighted by Gasteiger charge is -2.34. The molecule has 0 fully saturated rings.